The normalized spacial score (nSPS) is 11.6. The van der Waals surface area contributed by atoms with Crippen molar-refractivity contribution < 1.29 is 0 Å². The fraction of sp³-hybridized carbons (Fsp3) is 0. The molecule has 0 spiro atoms. The van der Waals surface area contributed by atoms with Crippen LogP contribution in [0.3, 0.4) is 0 Å². The van der Waals surface area contributed by atoms with E-state index in [2.05, 4.69) is 390 Å². The number of fused-ring (bicyclic) bond motifs is 18. The molecule has 0 N–H and O–H groups in total. The number of para-hydroxylation sites is 4. The second-order valence-electron chi connectivity index (χ2n) is 37.3. The van der Waals surface area contributed by atoms with Crippen LogP contribution in [0.15, 0.2) is 510 Å². The van der Waals surface area contributed by atoms with Gasteiger partial charge in [-0.3, -0.25) is 9.13 Å². The zero-order chi connectivity index (χ0) is 99.1. The molecule has 9 aromatic heterocycles. The van der Waals surface area contributed by atoms with Gasteiger partial charge in [-0.05, 0) is 147 Å². The molecule has 0 aliphatic carbocycles. The summed E-state index contributed by atoms with van der Waals surface area (Å²) in [5.74, 6) is 5.63. The minimum atomic E-state index is 0.577. The van der Waals surface area contributed by atoms with Gasteiger partial charge in [0.2, 0.25) is 11.9 Å². The number of hydrogen-bond acceptors (Lipinski definition) is 12. The summed E-state index contributed by atoms with van der Waals surface area (Å²) in [4.78, 5) is 45.8. The first-order chi connectivity index (χ1) is 74.4. The first kappa shape index (κ1) is 88.4. The molecule has 21 aromatic carbocycles. The standard InChI is InChI=1S/C51H32N4S.C45H28N4S.C39H24N4S/c1-3-13-33(14-4-1)35-25-27-36(28-26-35)49-52-50(39-18-11-17-37(31-39)34-15-5-2-6-16-34)54-51(53-49)55-45-23-9-7-19-41(45)44-32-38(29-30-46(44)55)40-21-12-22-43-42-20-8-10-24-47(42)56-48(40)43;1-3-14-29(15-4-1)43-46-44(30-16-5-2-6-17-30)48-45(47-43)36-20-8-11-24-39(36)49-38-23-10-7-18-33(38)37-28-31(26-27-40(37)49)32-21-13-22-35-34-19-9-12-25-41(34)50-42(32)35;1-3-12-25(13-4-1)37-40-38(26-14-5-2-6-15-26)42-39(41-37)43-33-20-9-7-16-29(33)32-24-27(22-23-34(32)43)28-18-11-19-31-30-17-8-10-21-35(30)44-36(28)31/h1-32H;1-28H;1-24H. The highest BCUT2D eigenvalue weighted by Crippen LogP contribution is 2.49. The van der Waals surface area contributed by atoms with E-state index in [1.807, 2.05) is 167 Å². The predicted molar refractivity (Wildman–Crippen MR) is 626 cm³/mol. The highest BCUT2D eigenvalue weighted by Gasteiger charge is 2.27. The predicted octanol–water partition coefficient (Wildman–Crippen LogP) is 36.0. The number of thiophene rings is 3. The van der Waals surface area contributed by atoms with E-state index in [1.54, 1.807) is 0 Å². The first-order valence-electron chi connectivity index (χ1n) is 50.1. The third kappa shape index (κ3) is 16.0. The maximum absolute atomic E-state index is 5.26. The molecule has 0 aliphatic heterocycles. The van der Waals surface area contributed by atoms with Crippen LogP contribution in [0, 0.1) is 0 Å². The van der Waals surface area contributed by atoms with Crippen molar-refractivity contribution in [3.05, 3.63) is 510 Å². The number of aromatic nitrogens is 12. The van der Waals surface area contributed by atoms with Crippen molar-refractivity contribution in [3.8, 4) is 153 Å². The Bertz CT molecular complexity index is 10400. The highest BCUT2D eigenvalue weighted by atomic mass is 32.1. The van der Waals surface area contributed by atoms with Gasteiger partial charge in [0.1, 0.15) is 0 Å². The van der Waals surface area contributed by atoms with Gasteiger partial charge in [0.25, 0.3) is 0 Å². The van der Waals surface area contributed by atoms with Crippen LogP contribution in [-0.4, -0.2) is 58.6 Å². The Balaban J connectivity index is 0.000000109. The molecule has 30 rings (SSSR count). The van der Waals surface area contributed by atoms with Crippen molar-refractivity contribution in [2.75, 3.05) is 0 Å². The minimum absolute atomic E-state index is 0.577. The van der Waals surface area contributed by atoms with Gasteiger partial charge < -0.3 is 4.57 Å². The number of rotatable bonds is 15. The van der Waals surface area contributed by atoms with E-state index in [1.165, 1.54) is 116 Å². The van der Waals surface area contributed by atoms with E-state index in [9.17, 15) is 0 Å². The van der Waals surface area contributed by atoms with Gasteiger partial charge in [-0.1, -0.05) is 419 Å². The topological polar surface area (TPSA) is 131 Å². The molecule has 0 saturated carbocycles. The summed E-state index contributed by atoms with van der Waals surface area (Å²) in [6.07, 6.45) is 0. The van der Waals surface area contributed by atoms with Crippen molar-refractivity contribution in [2.45, 2.75) is 0 Å². The van der Waals surface area contributed by atoms with Gasteiger partial charge in [0.15, 0.2) is 40.8 Å². The minimum Gasteiger partial charge on any atom is -0.309 e. The lowest BCUT2D eigenvalue weighted by Gasteiger charge is -2.14. The van der Waals surface area contributed by atoms with Gasteiger partial charge in [0, 0.05) is 132 Å². The van der Waals surface area contributed by atoms with Crippen LogP contribution in [0.2, 0.25) is 0 Å². The monoisotopic (exact) mass is 1970 g/mol. The van der Waals surface area contributed by atoms with Crippen LogP contribution >= 0.6 is 34.0 Å². The first-order valence-corrected chi connectivity index (χ1v) is 52.6. The molecule has 702 valence electrons. The molecule has 0 bridgehead atoms. The summed E-state index contributed by atoms with van der Waals surface area (Å²) in [6, 6.07) is 179. The van der Waals surface area contributed by atoms with Crippen molar-refractivity contribution in [1.82, 2.24) is 58.6 Å². The molecule has 12 nitrogen and oxygen atoms in total. The summed E-state index contributed by atoms with van der Waals surface area (Å²) in [5, 5.41) is 14.9. The second-order valence-corrected chi connectivity index (χ2v) is 40.5. The smallest absolute Gasteiger partial charge is 0.238 e. The second kappa shape index (κ2) is 37.7. The Morgan fingerprint density at radius 2 is 0.373 bits per heavy atom. The Kier molecular flexibility index (Phi) is 22.2. The molecule has 30 aromatic rings. The van der Waals surface area contributed by atoms with Crippen LogP contribution in [0.4, 0.5) is 0 Å². The van der Waals surface area contributed by atoms with E-state index in [0.29, 0.717) is 52.7 Å². The van der Waals surface area contributed by atoms with Crippen molar-refractivity contribution in [3.63, 3.8) is 0 Å². The SMILES string of the molecule is c1ccc(-c2ccc(-c3nc(-c4cccc(-c5ccccc5)c4)nc(-n4c5ccccc5c5cc(-c6cccc7c6sc6ccccc67)ccc54)n3)cc2)cc1.c1ccc(-c2nc(-c3ccccc3)nc(-c3ccccc3-n3c4ccccc4c4cc(-c5cccc6c5sc5ccccc56)ccc43)n2)cc1.c1ccc(-c2nc(-c3ccccc3)nc(-n3c4ccccc4c4cc(-c5cccc6c5sc5ccccc56)ccc43)n2)cc1. The van der Waals surface area contributed by atoms with Gasteiger partial charge in [-0.2, -0.15) is 19.9 Å². The molecule has 0 saturated heterocycles. The lowest BCUT2D eigenvalue weighted by molar-refractivity contribution is 0.953. The van der Waals surface area contributed by atoms with E-state index in [4.69, 9.17) is 44.9 Å². The molecule has 0 fully saturated rings. The quantitative estimate of drug-likeness (QED) is 0.0984. The molecular formula is C135H84N12S3. The van der Waals surface area contributed by atoms with Crippen LogP contribution < -0.4 is 0 Å². The lowest BCUT2D eigenvalue weighted by Crippen LogP contribution is -2.06. The van der Waals surface area contributed by atoms with Crippen molar-refractivity contribution >= 4 is 160 Å². The molecule has 9 heterocycles. The maximum atomic E-state index is 5.26. The largest absolute Gasteiger partial charge is 0.309 e. The summed E-state index contributed by atoms with van der Waals surface area (Å²) >= 11 is 5.59. The Morgan fingerprint density at radius 1 is 0.133 bits per heavy atom. The van der Waals surface area contributed by atoms with Crippen LogP contribution in [0.5, 0.6) is 0 Å². The molecule has 0 amide bonds. The van der Waals surface area contributed by atoms with Crippen molar-refractivity contribution in [2.24, 2.45) is 0 Å². The third-order valence-corrected chi connectivity index (χ3v) is 32.1. The van der Waals surface area contributed by atoms with E-state index in [0.717, 1.165) is 111 Å². The molecule has 0 atom stereocenters. The molecule has 15 heteroatoms. The number of nitrogens with zero attached hydrogens (tertiary/aromatic N) is 12. The Labute approximate surface area is 874 Å². The average molecular weight is 1970 g/mol. The Hall–Kier alpha value is -19.3. The van der Waals surface area contributed by atoms with E-state index in [-0.39, 0.29) is 0 Å². The van der Waals surface area contributed by atoms with E-state index < -0.39 is 0 Å². The van der Waals surface area contributed by atoms with Gasteiger partial charge in [0.05, 0.1) is 38.8 Å². The highest BCUT2D eigenvalue weighted by molar-refractivity contribution is 7.27. The molecule has 0 radical (unpaired) electrons. The molecule has 150 heavy (non-hydrogen) atoms. The fourth-order valence-corrected chi connectivity index (χ4v) is 25.1. The van der Waals surface area contributed by atoms with Gasteiger partial charge >= 0.3 is 0 Å². The third-order valence-electron chi connectivity index (χ3n) is 28.4. The fourth-order valence-electron chi connectivity index (χ4n) is 21.4. The zero-order valence-electron chi connectivity index (χ0n) is 80.6. The average Bonchev–Trinajstić information content (AvgIpc) is 1.58. The maximum Gasteiger partial charge on any atom is 0.238 e. The summed E-state index contributed by atoms with van der Waals surface area (Å²) in [5.41, 5.74) is 26.0. The lowest BCUT2D eigenvalue weighted by atomic mass is 10.0. The summed E-state index contributed by atoms with van der Waals surface area (Å²) in [7, 11) is 0. The summed E-state index contributed by atoms with van der Waals surface area (Å²) < 4.78 is 14.6. The molecular weight excluding hydrogens is 1890 g/mol. The van der Waals surface area contributed by atoms with Crippen LogP contribution in [0.1, 0.15) is 0 Å². The van der Waals surface area contributed by atoms with Crippen LogP contribution in [-0.2, 0) is 0 Å². The van der Waals surface area contributed by atoms with Gasteiger partial charge in [-0.15, -0.1) is 34.0 Å². The van der Waals surface area contributed by atoms with Gasteiger partial charge in [-0.25, -0.2) is 24.9 Å². The van der Waals surface area contributed by atoms with E-state index >= 15 is 0 Å². The zero-order valence-corrected chi connectivity index (χ0v) is 83.0. The Morgan fingerprint density at radius 3 is 0.767 bits per heavy atom. The molecule has 0 aliphatic rings. The number of hydrogen-bond donors (Lipinski definition) is 0. The number of benzene rings is 21. The van der Waals surface area contributed by atoms with Crippen molar-refractivity contribution in [1.29, 1.82) is 0 Å². The molecule has 0 unspecified atom stereocenters. The summed E-state index contributed by atoms with van der Waals surface area (Å²) in [6.45, 7) is 0. The van der Waals surface area contributed by atoms with Crippen LogP contribution in [0.25, 0.3) is 279 Å².